The van der Waals surface area contributed by atoms with Crippen LogP contribution in [0.1, 0.15) is 43.9 Å². The molecule has 0 heterocycles. The number of rotatable bonds is 9. The molecule has 0 saturated carbocycles. The molecule has 2 aromatic rings. The molecule has 2 rings (SSSR count). The van der Waals surface area contributed by atoms with Crippen molar-refractivity contribution in [3.05, 3.63) is 65.7 Å². The average Bonchev–Trinajstić information content (AvgIpc) is 2.59. The fraction of sp³-hybridized carbons (Fsp3) is 0.400. The molecule has 124 valence electrons. The minimum atomic E-state index is -0.488. The van der Waals surface area contributed by atoms with Crippen molar-refractivity contribution in [1.82, 2.24) is 5.32 Å². The van der Waals surface area contributed by atoms with Gasteiger partial charge >= 0.3 is 0 Å². The zero-order valence-corrected chi connectivity index (χ0v) is 14.0. The van der Waals surface area contributed by atoms with Gasteiger partial charge in [-0.3, -0.25) is 0 Å². The highest BCUT2D eigenvalue weighted by Gasteiger charge is 2.09. The van der Waals surface area contributed by atoms with Gasteiger partial charge in [-0.1, -0.05) is 55.8 Å². The molecular formula is C20H27NO2. The molecule has 0 aliphatic carbocycles. The van der Waals surface area contributed by atoms with Crippen LogP contribution in [0.4, 0.5) is 0 Å². The van der Waals surface area contributed by atoms with Crippen LogP contribution in [-0.4, -0.2) is 17.7 Å². The van der Waals surface area contributed by atoms with Crippen LogP contribution in [0, 0.1) is 0 Å². The SMILES string of the molecule is CCCC(C)NCC(O)c1ccc(OCc2ccccc2)cc1. The molecule has 23 heavy (non-hydrogen) atoms. The molecule has 2 N–H and O–H groups in total. The summed E-state index contributed by atoms with van der Waals surface area (Å²) in [5, 5.41) is 13.6. The van der Waals surface area contributed by atoms with Gasteiger partial charge in [0.05, 0.1) is 6.10 Å². The molecule has 0 radical (unpaired) electrons. The summed E-state index contributed by atoms with van der Waals surface area (Å²) in [4.78, 5) is 0. The van der Waals surface area contributed by atoms with Crippen LogP contribution in [0.3, 0.4) is 0 Å². The molecule has 0 aromatic heterocycles. The van der Waals surface area contributed by atoms with E-state index >= 15 is 0 Å². The molecular weight excluding hydrogens is 286 g/mol. The lowest BCUT2D eigenvalue weighted by atomic mass is 10.1. The summed E-state index contributed by atoms with van der Waals surface area (Å²) < 4.78 is 5.76. The lowest BCUT2D eigenvalue weighted by Gasteiger charge is -2.17. The maximum absolute atomic E-state index is 10.2. The van der Waals surface area contributed by atoms with Gasteiger partial charge in [0.1, 0.15) is 12.4 Å². The van der Waals surface area contributed by atoms with Crippen molar-refractivity contribution < 1.29 is 9.84 Å². The number of ether oxygens (including phenoxy) is 1. The Morgan fingerprint density at radius 2 is 1.74 bits per heavy atom. The summed E-state index contributed by atoms with van der Waals surface area (Å²) in [6.07, 6.45) is 1.79. The Hall–Kier alpha value is -1.84. The van der Waals surface area contributed by atoms with E-state index in [9.17, 15) is 5.11 Å². The molecule has 2 aromatic carbocycles. The number of nitrogens with one attached hydrogen (secondary N) is 1. The maximum Gasteiger partial charge on any atom is 0.119 e. The second-order valence-corrected chi connectivity index (χ2v) is 5.96. The number of benzene rings is 2. The summed E-state index contributed by atoms with van der Waals surface area (Å²) in [5.41, 5.74) is 2.05. The Morgan fingerprint density at radius 3 is 2.39 bits per heavy atom. The second kappa shape index (κ2) is 9.33. The first-order valence-electron chi connectivity index (χ1n) is 8.37. The van der Waals surface area contributed by atoms with Gasteiger partial charge in [-0.2, -0.15) is 0 Å². The standard InChI is InChI=1S/C20H27NO2/c1-3-7-16(2)21-14-20(22)18-10-12-19(13-11-18)23-15-17-8-5-4-6-9-17/h4-6,8-13,16,20-22H,3,7,14-15H2,1-2H3. The van der Waals surface area contributed by atoms with Crippen LogP contribution in [0.5, 0.6) is 5.75 Å². The van der Waals surface area contributed by atoms with Gasteiger partial charge in [0.2, 0.25) is 0 Å². The van der Waals surface area contributed by atoms with Crippen molar-refractivity contribution in [3.8, 4) is 5.75 Å². The van der Waals surface area contributed by atoms with Crippen LogP contribution < -0.4 is 10.1 Å². The second-order valence-electron chi connectivity index (χ2n) is 5.96. The van der Waals surface area contributed by atoms with E-state index in [1.165, 1.54) is 0 Å². The predicted molar refractivity (Wildman–Crippen MR) is 94.5 cm³/mol. The topological polar surface area (TPSA) is 41.5 Å². The molecule has 0 saturated heterocycles. The van der Waals surface area contributed by atoms with E-state index in [-0.39, 0.29) is 0 Å². The molecule has 0 amide bonds. The van der Waals surface area contributed by atoms with Crippen molar-refractivity contribution >= 4 is 0 Å². The van der Waals surface area contributed by atoms with Gasteiger partial charge < -0.3 is 15.2 Å². The van der Waals surface area contributed by atoms with Gasteiger partial charge in [-0.25, -0.2) is 0 Å². The first-order chi connectivity index (χ1) is 11.2. The lowest BCUT2D eigenvalue weighted by molar-refractivity contribution is 0.170. The molecule has 2 atom stereocenters. The van der Waals surface area contributed by atoms with Crippen LogP contribution in [0.2, 0.25) is 0 Å². The molecule has 0 fully saturated rings. The number of aliphatic hydroxyl groups excluding tert-OH is 1. The van der Waals surface area contributed by atoms with Gasteiger partial charge in [0.15, 0.2) is 0 Å². The number of aliphatic hydroxyl groups is 1. The third-order valence-electron chi connectivity index (χ3n) is 3.89. The molecule has 0 spiro atoms. The normalized spacial score (nSPS) is 13.5. The third-order valence-corrected chi connectivity index (χ3v) is 3.89. The summed E-state index contributed by atoms with van der Waals surface area (Å²) in [7, 11) is 0. The van der Waals surface area contributed by atoms with E-state index in [0.29, 0.717) is 19.2 Å². The first kappa shape index (κ1) is 17.5. The summed E-state index contributed by atoms with van der Waals surface area (Å²) in [6, 6.07) is 18.2. The van der Waals surface area contributed by atoms with Gasteiger partial charge in [0, 0.05) is 12.6 Å². The van der Waals surface area contributed by atoms with Crippen molar-refractivity contribution in [2.75, 3.05) is 6.54 Å². The zero-order valence-electron chi connectivity index (χ0n) is 14.0. The Kier molecular flexibility index (Phi) is 7.11. The van der Waals surface area contributed by atoms with Gasteiger partial charge in [-0.05, 0) is 36.6 Å². The van der Waals surface area contributed by atoms with E-state index in [4.69, 9.17) is 4.74 Å². The number of hydrogen-bond acceptors (Lipinski definition) is 3. The van der Waals surface area contributed by atoms with Crippen LogP contribution >= 0.6 is 0 Å². The highest BCUT2D eigenvalue weighted by molar-refractivity contribution is 5.29. The molecule has 0 bridgehead atoms. The monoisotopic (exact) mass is 313 g/mol. The Balaban J connectivity index is 1.81. The number of hydrogen-bond donors (Lipinski definition) is 2. The van der Waals surface area contributed by atoms with Gasteiger partial charge in [-0.15, -0.1) is 0 Å². The third kappa shape index (κ3) is 6.05. The predicted octanol–water partition coefficient (Wildman–Crippen LogP) is 4.08. The van der Waals surface area contributed by atoms with Crippen LogP contribution in [0.15, 0.2) is 54.6 Å². The average molecular weight is 313 g/mol. The quantitative estimate of drug-likeness (QED) is 0.733. The molecule has 3 nitrogen and oxygen atoms in total. The smallest absolute Gasteiger partial charge is 0.119 e. The summed E-state index contributed by atoms with van der Waals surface area (Å²) in [5.74, 6) is 0.817. The summed E-state index contributed by atoms with van der Waals surface area (Å²) in [6.45, 7) is 5.45. The van der Waals surface area contributed by atoms with Crippen LogP contribution in [-0.2, 0) is 6.61 Å². The van der Waals surface area contributed by atoms with Crippen molar-refractivity contribution in [1.29, 1.82) is 0 Å². The largest absolute Gasteiger partial charge is 0.489 e. The van der Waals surface area contributed by atoms with Crippen LogP contribution in [0.25, 0.3) is 0 Å². The van der Waals surface area contributed by atoms with E-state index in [0.717, 1.165) is 29.7 Å². The molecule has 3 heteroatoms. The highest BCUT2D eigenvalue weighted by Crippen LogP contribution is 2.18. The maximum atomic E-state index is 10.2. The minimum absolute atomic E-state index is 0.433. The Labute approximate surface area is 139 Å². The molecule has 0 aliphatic rings. The van der Waals surface area contributed by atoms with Crippen molar-refractivity contribution in [2.45, 2.75) is 45.4 Å². The fourth-order valence-electron chi connectivity index (χ4n) is 2.49. The van der Waals surface area contributed by atoms with E-state index in [1.54, 1.807) is 0 Å². The zero-order chi connectivity index (χ0) is 16.5. The lowest BCUT2D eigenvalue weighted by Crippen LogP contribution is -2.30. The summed E-state index contributed by atoms with van der Waals surface area (Å²) >= 11 is 0. The minimum Gasteiger partial charge on any atom is -0.489 e. The Bertz CT molecular complexity index is 554. The van der Waals surface area contributed by atoms with E-state index in [1.807, 2.05) is 54.6 Å². The van der Waals surface area contributed by atoms with E-state index < -0.39 is 6.10 Å². The molecule has 0 aliphatic heterocycles. The van der Waals surface area contributed by atoms with Crippen molar-refractivity contribution in [2.24, 2.45) is 0 Å². The van der Waals surface area contributed by atoms with E-state index in [2.05, 4.69) is 19.2 Å². The molecule has 2 unspecified atom stereocenters. The Morgan fingerprint density at radius 1 is 1.04 bits per heavy atom. The van der Waals surface area contributed by atoms with Crippen molar-refractivity contribution in [3.63, 3.8) is 0 Å². The fourth-order valence-corrected chi connectivity index (χ4v) is 2.49. The first-order valence-corrected chi connectivity index (χ1v) is 8.37. The highest BCUT2D eigenvalue weighted by atomic mass is 16.5. The van der Waals surface area contributed by atoms with Gasteiger partial charge in [0.25, 0.3) is 0 Å².